The fourth-order valence-corrected chi connectivity index (χ4v) is 0.875. The number of hydrogen-bond acceptors (Lipinski definition) is 6. The number of hydroxylamine groups is 1. The maximum Gasteiger partial charge on any atom is 0.490 e. The SMILES string of the molecule is C[C@@H](CC[C@H](N)C(=O)O)N=C(N)NO.O=C(O)C(F)(F)F.O=C(O)C(F)(F)F. The van der Waals surface area contributed by atoms with Crippen molar-refractivity contribution in [1.82, 2.24) is 5.48 Å². The summed E-state index contributed by atoms with van der Waals surface area (Å²) in [6.45, 7) is 1.75. The number of nitrogens with one attached hydrogen (secondary N) is 1. The van der Waals surface area contributed by atoms with Crippen LogP contribution in [0.2, 0.25) is 0 Å². The largest absolute Gasteiger partial charge is 0.490 e. The molecule has 0 aromatic heterocycles. The topological polar surface area (TPSA) is 209 Å². The molecule has 0 amide bonds. The summed E-state index contributed by atoms with van der Waals surface area (Å²) in [6.07, 6.45) is -9.35. The van der Waals surface area contributed by atoms with Crippen LogP contribution in [-0.4, -0.2) is 68.8 Å². The fourth-order valence-electron chi connectivity index (χ4n) is 0.875. The molecule has 0 fully saturated rings. The molecule has 28 heavy (non-hydrogen) atoms. The van der Waals surface area contributed by atoms with Crippen molar-refractivity contribution < 1.29 is 61.3 Å². The van der Waals surface area contributed by atoms with E-state index in [-0.39, 0.29) is 12.0 Å². The molecule has 11 nitrogen and oxygen atoms in total. The Morgan fingerprint density at radius 2 is 1.29 bits per heavy atom. The summed E-state index contributed by atoms with van der Waals surface area (Å²) in [5.41, 5.74) is 12.2. The first-order valence-corrected chi connectivity index (χ1v) is 6.68. The van der Waals surface area contributed by atoms with Gasteiger partial charge in [-0.3, -0.25) is 10.0 Å². The lowest BCUT2D eigenvalue weighted by Crippen LogP contribution is -2.32. The molecular formula is C11H18F6N4O7. The number of carboxylic acid groups (broad SMARTS) is 3. The molecule has 0 aromatic rings. The Kier molecular flexibility index (Phi) is 14.3. The van der Waals surface area contributed by atoms with E-state index in [2.05, 4.69) is 4.99 Å². The number of nitrogens with zero attached hydrogens (tertiary/aromatic N) is 1. The number of rotatable bonds is 5. The van der Waals surface area contributed by atoms with Crippen molar-refractivity contribution >= 4 is 23.9 Å². The minimum absolute atomic E-state index is 0.0959. The van der Waals surface area contributed by atoms with Gasteiger partial charge in [-0.2, -0.15) is 26.3 Å². The highest BCUT2D eigenvalue weighted by molar-refractivity contribution is 5.76. The predicted molar refractivity (Wildman–Crippen MR) is 78.2 cm³/mol. The Bertz CT molecular complexity index is 515. The van der Waals surface area contributed by atoms with Crippen LogP contribution in [0, 0.1) is 0 Å². The maximum absolute atomic E-state index is 10.6. The van der Waals surface area contributed by atoms with Crippen molar-refractivity contribution in [2.75, 3.05) is 0 Å². The highest BCUT2D eigenvalue weighted by Crippen LogP contribution is 2.13. The van der Waals surface area contributed by atoms with Gasteiger partial charge in [-0.25, -0.2) is 20.1 Å². The highest BCUT2D eigenvalue weighted by atomic mass is 19.4. The summed E-state index contributed by atoms with van der Waals surface area (Å²) in [6, 6.07) is -1.06. The quantitative estimate of drug-likeness (QED) is 0.135. The molecule has 0 radical (unpaired) electrons. The van der Waals surface area contributed by atoms with E-state index < -0.39 is 36.3 Å². The molecule has 0 saturated carbocycles. The van der Waals surface area contributed by atoms with Gasteiger partial charge in [0.2, 0.25) is 5.96 Å². The average molecular weight is 432 g/mol. The van der Waals surface area contributed by atoms with Crippen molar-refractivity contribution in [2.45, 2.75) is 44.2 Å². The van der Waals surface area contributed by atoms with Crippen LogP contribution in [-0.2, 0) is 14.4 Å². The number of aliphatic carboxylic acids is 3. The molecule has 0 spiro atoms. The molecule has 9 N–H and O–H groups in total. The van der Waals surface area contributed by atoms with Gasteiger partial charge in [0, 0.05) is 0 Å². The van der Waals surface area contributed by atoms with Crippen LogP contribution in [0.1, 0.15) is 19.8 Å². The van der Waals surface area contributed by atoms with Gasteiger partial charge >= 0.3 is 30.3 Å². The molecule has 2 atom stereocenters. The Balaban J connectivity index is -0.000000375. The molecule has 0 aromatic carbocycles. The van der Waals surface area contributed by atoms with Crippen molar-refractivity contribution in [3.8, 4) is 0 Å². The van der Waals surface area contributed by atoms with Crippen LogP contribution in [0.15, 0.2) is 4.99 Å². The number of halogens is 6. The van der Waals surface area contributed by atoms with Gasteiger partial charge in [0.05, 0.1) is 6.04 Å². The number of alkyl halides is 6. The first-order chi connectivity index (χ1) is 12.4. The molecule has 0 saturated heterocycles. The Labute approximate surface area is 152 Å². The van der Waals surface area contributed by atoms with E-state index in [9.17, 15) is 31.1 Å². The van der Waals surface area contributed by atoms with E-state index in [4.69, 9.17) is 41.6 Å². The minimum Gasteiger partial charge on any atom is -0.480 e. The van der Waals surface area contributed by atoms with Crippen molar-refractivity contribution in [1.29, 1.82) is 0 Å². The van der Waals surface area contributed by atoms with Crippen LogP contribution in [0.3, 0.4) is 0 Å². The zero-order valence-electron chi connectivity index (χ0n) is 14.0. The molecule has 0 aliphatic heterocycles. The smallest absolute Gasteiger partial charge is 0.480 e. The summed E-state index contributed by atoms with van der Waals surface area (Å²) in [5.74, 6) is -6.64. The van der Waals surface area contributed by atoms with Gasteiger partial charge in [0.1, 0.15) is 6.04 Å². The maximum atomic E-state index is 10.6. The third kappa shape index (κ3) is 19.5. The Morgan fingerprint density at radius 1 is 0.964 bits per heavy atom. The lowest BCUT2D eigenvalue weighted by molar-refractivity contribution is -0.193. The second-order valence-electron chi connectivity index (χ2n) is 4.60. The first kappa shape index (κ1) is 29.9. The van der Waals surface area contributed by atoms with Crippen LogP contribution < -0.4 is 16.9 Å². The van der Waals surface area contributed by atoms with E-state index in [1.807, 2.05) is 0 Å². The van der Waals surface area contributed by atoms with E-state index >= 15 is 0 Å². The fraction of sp³-hybridized carbons (Fsp3) is 0.636. The van der Waals surface area contributed by atoms with Crippen LogP contribution in [0.25, 0.3) is 0 Å². The second kappa shape index (κ2) is 13.4. The number of guanidine groups is 1. The standard InChI is InChI=1S/C7H16N4O3.2C2HF3O2/c1-4(10-7(9)11-14)2-3-5(8)6(12)13;2*3-2(4,5)1(6)7/h4-5,14H,2-3,8H2,1H3,(H,12,13)(H3,9,10,11);2*(H,6,7)/t4-,5-;;/m0../s1. The Hall–Kier alpha value is -2.82. The van der Waals surface area contributed by atoms with Crippen molar-refractivity contribution in [3.63, 3.8) is 0 Å². The third-order valence-electron chi connectivity index (χ3n) is 2.17. The molecule has 0 aliphatic rings. The lowest BCUT2D eigenvalue weighted by atomic mass is 10.1. The zero-order valence-corrected chi connectivity index (χ0v) is 14.0. The van der Waals surface area contributed by atoms with Gasteiger partial charge < -0.3 is 26.8 Å². The first-order valence-electron chi connectivity index (χ1n) is 6.68. The van der Waals surface area contributed by atoms with Crippen LogP contribution in [0.4, 0.5) is 26.3 Å². The molecule has 0 unspecified atom stereocenters. The van der Waals surface area contributed by atoms with E-state index in [1.165, 1.54) is 0 Å². The summed E-state index contributed by atoms with van der Waals surface area (Å²) in [5, 5.41) is 31.1. The zero-order chi connectivity index (χ0) is 23.3. The minimum atomic E-state index is -5.08. The monoisotopic (exact) mass is 432 g/mol. The predicted octanol–water partition coefficient (Wildman–Crippen LogP) is 0.127. The third-order valence-corrected chi connectivity index (χ3v) is 2.17. The van der Waals surface area contributed by atoms with Gasteiger partial charge in [-0.05, 0) is 19.8 Å². The van der Waals surface area contributed by atoms with Crippen molar-refractivity contribution in [2.24, 2.45) is 16.5 Å². The van der Waals surface area contributed by atoms with Gasteiger partial charge in [-0.15, -0.1) is 0 Å². The van der Waals surface area contributed by atoms with Crippen LogP contribution >= 0.6 is 0 Å². The van der Waals surface area contributed by atoms with E-state index in [0.29, 0.717) is 12.8 Å². The van der Waals surface area contributed by atoms with Crippen LogP contribution in [0.5, 0.6) is 0 Å². The summed E-state index contributed by atoms with van der Waals surface area (Å²) >= 11 is 0. The molecular weight excluding hydrogens is 414 g/mol. The number of aliphatic imine (C=N–C) groups is 1. The summed E-state index contributed by atoms with van der Waals surface area (Å²) in [7, 11) is 0. The molecule has 0 aliphatic carbocycles. The highest BCUT2D eigenvalue weighted by Gasteiger charge is 2.38. The van der Waals surface area contributed by atoms with E-state index in [1.54, 1.807) is 12.4 Å². The van der Waals surface area contributed by atoms with Gasteiger partial charge in [0.25, 0.3) is 0 Å². The van der Waals surface area contributed by atoms with E-state index in [0.717, 1.165) is 0 Å². The number of hydrogen-bond donors (Lipinski definition) is 7. The normalized spacial score (nSPS) is 13.7. The lowest BCUT2D eigenvalue weighted by Gasteiger charge is -2.09. The van der Waals surface area contributed by atoms with Gasteiger partial charge in [-0.1, -0.05) is 0 Å². The molecule has 17 heteroatoms. The molecule has 0 rings (SSSR count). The number of carbonyl (C=O) groups is 3. The van der Waals surface area contributed by atoms with Gasteiger partial charge in [0.15, 0.2) is 0 Å². The average Bonchev–Trinajstić information content (AvgIpc) is 2.51. The Morgan fingerprint density at radius 3 is 1.50 bits per heavy atom. The summed E-state index contributed by atoms with van der Waals surface area (Å²) < 4.78 is 63.5. The number of carboxylic acids is 3. The summed E-state index contributed by atoms with van der Waals surface area (Å²) in [4.78, 5) is 32.0. The molecule has 0 bridgehead atoms. The second-order valence-corrected chi connectivity index (χ2v) is 4.60. The number of nitrogens with two attached hydrogens (primary N) is 2. The molecule has 166 valence electrons. The molecule has 0 heterocycles. The van der Waals surface area contributed by atoms with Crippen molar-refractivity contribution in [3.05, 3.63) is 0 Å².